The summed E-state index contributed by atoms with van der Waals surface area (Å²) >= 11 is 3.21. The molecule has 0 saturated carbocycles. The van der Waals surface area contributed by atoms with E-state index in [1.807, 2.05) is 0 Å². The summed E-state index contributed by atoms with van der Waals surface area (Å²) in [5.74, 6) is -0.254. The zero-order valence-electron chi connectivity index (χ0n) is 10.2. The number of ether oxygens (including phenoxy) is 1. The van der Waals surface area contributed by atoms with Gasteiger partial charge in [0.25, 0.3) is 0 Å². The maximum Gasteiger partial charge on any atom is 0.573 e. The van der Waals surface area contributed by atoms with Crippen LogP contribution in [0.2, 0.25) is 0 Å². The number of hydrogen-bond donors (Lipinski definition) is 2. The van der Waals surface area contributed by atoms with Crippen molar-refractivity contribution in [3.8, 4) is 5.75 Å². The second-order valence-electron chi connectivity index (χ2n) is 4.12. The molecule has 0 fully saturated rings. The van der Waals surface area contributed by atoms with Gasteiger partial charge in [-0.2, -0.15) is 0 Å². The van der Waals surface area contributed by atoms with Crippen LogP contribution in [-0.4, -0.2) is 12.9 Å². The van der Waals surface area contributed by atoms with Crippen LogP contribution in [0.5, 0.6) is 5.75 Å². The Kier molecular flexibility index (Phi) is 6.09. The first kappa shape index (κ1) is 16.3. The average molecular weight is 341 g/mol. The highest BCUT2D eigenvalue weighted by Crippen LogP contribution is 2.33. The zero-order valence-corrected chi connectivity index (χ0v) is 11.8. The summed E-state index contributed by atoms with van der Waals surface area (Å²) in [5, 5.41) is 0. The van der Waals surface area contributed by atoms with Gasteiger partial charge in [-0.1, -0.05) is 22.4 Å². The first-order valence-corrected chi connectivity index (χ1v) is 6.63. The quantitative estimate of drug-likeness (QED) is 0.779. The third-order valence-electron chi connectivity index (χ3n) is 2.57. The Morgan fingerprint density at radius 3 is 2.53 bits per heavy atom. The zero-order chi connectivity index (χ0) is 14.5. The normalized spacial score (nSPS) is 13.4. The average Bonchev–Trinajstić information content (AvgIpc) is 2.30. The third kappa shape index (κ3) is 5.80. The molecule has 1 aromatic carbocycles. The van der Waals surface area contributed by atoms with E-state index in [9.17, 15) is 13.2 Å². The molecule has 3 nitrogen and oxygen atoms in total. The molecule has 0 amide bonds. The molecule has 4 N–H and O–H groups in total. The van der Waals surface area contributed by atoms with Gasteiger partial charge in [-0.25, -0.2) is 0 Å². The van der Waals surface area contributed by atoms with Crippen LogP contribution >= 0.6 is 15.9 Å². The van der Waals surface area contributed by atoms with Crippen LogP contribution in [0.1, 0.15) is 30.9 Å². The number of halogens is 4. The standard InChI is InChI=1S/C12H16BrF3N2O/c13-8-4-5-11(19-12(14,15)16)9(7-8)10(18)3-1-2-6-17/h4-5,7,10H,1-3,6,17-18H2/t10-/m1/s1. The van der Waals surface area contributed by atoms with Gasteiger partial charge in [-0.3, -0.25) is 0 Å². The molecular weight excluding hydrogens is 325 g/mol. The Morgan fingerprint density at radius 2 is 1.95 bits per heavy atom. The maximum absolute atomic E-state index is 12.3. The van der Waals surface area contributed by atoms with Gasteiger partial charge in [0.2, 0.25) is 0 Å². The van der Waals surface area contributed by atoms with Crippen LogP contribution in [0, 0.1) is 0 Å². The SMILES string of the molecule is NCCCC[C@@H](N)c1cc(Br)ccc1OC(F)(F)F. The number of alkyl halides is 3. The smallest absolute Gasteiger partial charge is 0.405 e. The molecule has 0 aromatic heterocycles. The van der Waals surface area contributed by atoms with E-state index in [1.54, 1.807) is 6.07 Å². The molecule has 0 radical (unpaired) electrons. The lowest BCUT2D eigenvalue weighted by molar-refractivity contribution is -0.275. The van der Waals surface area contributed by atoms with E-state index in [0.717, 1.165) is 12.8 Å². The van der Waals surface area contributed by atoms with Gasteiger partial charge >= 0.3 is 6.36 Å². The highest BCUT2D eigenvalue weighted by Gasteiger charge is 2.32. The lowest BCUT2D eigenvalue weighted by Crippen LogP contribution is -2.20. The minimum Gasteiger partial charge on any atom is -0.405 e. The van der Waals surface area contributed by atoms with Gasteiger partial charge in [0, 0.05) is 16.1 Å². The van der Waals surface area contributed by atoms with Crippen LogP contribution < -0.4 is 16.2 Å². The molecule has 0 saturated heterocycles. The second-order valence-corrected chi connectivity index (χ2v) is 5.04. The molecule has 1 aromatic rings. The van der Waals surface area contributed by atoms with Crippen LogP contribution in [-0.2, 0) is 0 Å². The van der Waals surface area contributed by atoms with Crippen LogP contribution in [0.4, 0.5) is 13.2 Å². The largest absolute Gasteiger partial charge is 0.573 e. The van der Waals surface area contributed by atoms with E-state index < -0.39 is 12.4 Å². The molecule has 0 aliphatic heterocycles. The van der Waals surface area contributed by atoms with E-state index >= 15 is 0 Å². The molecule has 1 atom stereocenters. The molecule has 0 spiro atoms. The Hall–Kier alpha value is -0.790. The van der Waals surface area contributed by atoms with Crippen molar-refractivity contribution in [1.29, 1.82) is 0 Å². The number of unbranched alkanes of at least 4 members (excludes halogenated alkanes) is 1. The topological polar surface area (TPSA) is 61.3 Å². The summed E-state index contributed by atoms with van der Waals surface area (Å²) in [6.07, 6.45) is -2.62. The Labute approximate surface area is 118 Å². The molecule has 0 heterocycles. The van der Waals surface area contributed by atoms with Gasteiger partial charge < -0.3 is 16.2 Å². The van der Waals surface area contributed by atoms with Gasteiger partial charge in [-0.15, -0.1) is 13.2 Å². The summed E-state index contributed by atoms with van der Waals surface area (Å²) in [6.45, 7) is 0.539. The van der Waals surface area contributed by atoms with Crippen molar-refractivity contribution >= 4 is 15.9 Å². The van der Waals surface area contributed by atoms with E-state index in [2.05, 4.69) is 20.7 Å². The van der Waals surface area contributed by atoms with Crippen molar-refractivity contribution in [2.75, 3.05) is 6.54 Å². The predicted molar refractivity (Wildman–Crippen MR) is 70.7 cm³/mol. The van der Waals surface area contributed by atoms with Crippen LogP contribution in [0.25, 0.3) is 0 Å². The Morgan fingerprint density at radius 1 is 1.26 bits per heavy atom. The monoisotopic (exact) mass is 340 g/mol. The van der Waals surface area contributed by atoms with E-state index in [1.165, 1.54) is 12.1 Å². The van der Waals surface area contributed by atoms with E-state index in [-0.39, 0.29) is 5.75 Å². The molecule has 0 aliphatic rings. The minimum atomic E-state index is -4.72. The summed E-state index contributed by atoms with van der Waals surface area (Å²) in [4.78, 5) is 0. The van der Waals surface area contributed by atoms with Crippen molar-refractivity contribution in [1.82, 2.24) is 0 Å². The van der Waals surface area contributed by atoms with Gasteiger partial charge in [-0.05, 0) is 37.6 Å². The number of rotatable bonds is 6. The Balaban J connectivity index is 2.87. The predicted octanol–water partition coefficient (Wildman–Crippen LogP) is 3.48. The van der Waals surface area contributed by atoms with E-state index in [0.29, 0.717) is 23.0 Å². The molecular formula is C12H16BrF3N2O. The van der Waals surface area contributed by atoms with Crippen LogP contribution in [0.15, 0.2) is 22.7 Å². The molecule has 0 aliphatic carbocycles. The summed E-state index contributed by atoms with van der Waals surface area (Å²) in [7, 11) is 0. The fraction of sp³-hybridized carbons (Fsp3) is 0.500. The molecule has 108 valence electrons. The fourth-order valence-electron chi connectivity index (χ4n) is 1.69. The van der Waals surface area contributed by atoms with Gasteiger partial charge in [0.1, 0.15) is 5.75 Å². The highest BCUT2D eigenvalue weighted by atomic mass is 79.9. The number of nitrogens with two attached hydrogens (primary N) is 2. The first-order valence-electron chi connectivity index (χ1n) is 5.84. The summed E-state index contributed by atoms with van der Waals surface area (Å²) < 4.78 is 41.6. The van der Waals surface area contributed by atoms with Gasteiger partial charge in [0.05, 0.1) is 0 Å². The summed E-state index contributed by atoms with van der Waals surface area (Å²) in [6, 6.07) is 3.78. The molecule has 7 heteroatoms. The lowest BCUT2D eigenvalue weighted by Gasteiger charge is -2.18. The molecule has 0 unspecified atom stereocenters. The first-order chi connectivity index (χ1) is 8.83. The van der Waals surface area contributed by atoms with Crippen molar-refractivity contribution in [3.05, 3.63) is 28.2 Å². The van der Waals surface area contributed by atoms with Crippen molar-refractivity contribution in [3.63, 3.8) is 0 Å². The van der Waals surface area contributed by atoms with Gasteiger partial charge in [0.15, 0.2) is 0 Å². The summed E-state index contributed by atoms with van der Waals surface area (Å²) in [5.41, 5.74) is 11.6. The van der Waals surface area contributed by atoms with Crippen molar-refractivity contribution < 1.29 is 17.9 Å². The highest BCUT2D eigenvalue weighted by molar-refractivity contribution is 9.10. The number of benzene rings is 1. The second kappa shape index (κ2) is 7.12. The minimum absolute atomic E-state index is 0.254. The van der Waals surface area contributed by atoms with Crippen molar-refractivity contribution in [2.45, 2.75) is 31.7 Å². The molecule has 0 bridgehead atoms. The molecule has 19 heavy (non-hydrogen) atoms. The Bertz CT molecular complexity index is 412. The van der Waals surface area contributed by atoms with E-state index in [4.69, 9.17) is 11.5 Å². The number of hydrogen-bond acceptors (Lipinski definition) is 3. The fourth-order valence-corrected chi connectivity index (χ4v) is 2.07. The maximum atomic E-state index is 12.3. The lowest BCUT2D eigenvalue weighted by atomic mass is 10.0. The van der Waals surface area contributed by atoms with Crippen molar-refractivity contribution in [2.24, 2.45) is 11.5 Å². The third-order valence-corrected chi connectivity index (χ3v) is 3.06. The molecule has 1 rings (SSSR count). The van der Waals surface area contributed by atoms with Crippen LogP contribution in [0.3, 0.4) is 0 Å².